The largest absolute Gasteiger partial charge is 0.405 e. The monoisotopic (exact) mass is 316 g/mol. The molecule has 2 heterocycles. The average Bonchev–Trinajstić information content (AvgIpc) is 2.49. The van der Waals surface area contributed by atoms with Crippen LogP contribution in [0, 0.1) is 10.5 Å². The van der Waals surface area contributed by atoms with Gasteiger partial charge < -0.3 is 4.74 Å². The molecule has 0 radical (unpaired) electrons. The van der Waals surface area contributed by atoms with Gasteiger partial charge in [0.25, 0.3) is 0 Å². The molecule has 0 spiro atoms. The Morgan fingerprint density at radius 3 is 2.53 bits per heavy atom. The zero-order valence-electron chi connectivity index (χ0n) is 8.31. The third-order valence-corrected chi connectivity index (χ3v) is 2.31. The van der Waals surface area contributed by atoms with Crippen molar-refractivity contribution in [3.63, 3.8) is 0 Å². The van der Waals surface area contributed by atoms with Gasteiger partial charge in [-0.25, -0.2) is 14.6 Å². The number of hydrogen-bond donors (Lipinski definition) is 0. The van der Waals surface area contributed by atoms with Crippen LogP contribution in [0.5, 0.6) is 11.9 Å². The topological polar surface area (TPSA) is 52.8 Å². The molecule has 0 N–H and O–H groups in total. The van der Waals surface area contributed by atoms with Gasteiger partial charge in [-0.3, -0.25) is 0 Å². The summed E-state index contributed by atoms with van der Waals surface area (Å²) in [4.78, 5) is 8.08. The number of hydrogen-bond acceptors (Lipinski definition) is 4. The zero-order valence-corrected chi connectivity index (χ0v) is 10.5. The highest BCUT2D eigenvalue weighted by atomic mass is 127. The molecule has 0 amide bonds. The second-order valence-corrected chi connectivity index (χ2v) is 4.28. The Morgan fingerprint density at radius 2 is 2.00 bits per heavy atom. The SMILES string of the molecule is Cc1cc(Oc2ncc(I)cn2)n(C)n1. The minimum Gasteiger partial charge on any atom is -0.405 e. The minimum absolute atomic E-state index is 0.332. The normalized spacial score (nSPS) is 10.3. The van der Waals surface area contributed by atoms with Crippen LogP contribution in [0.25, 0.3) is 0 Å². The van der Waals surface area contributed by atoms with Crippen molar-refractivity contribution in [1.29, 1.82) is 0 Å². The predicted octanol–water partition coefficient (Wildman–Crippen LogP) is 1.92. The summed E-state index contributed by atoms with van der Waals surface area (Å²) in [5.41, 5.74) is 0.901. The second kappa shape index (κ2) is 4.13. The molecular formula is C9H9IN4O. The van der Waals surface area contributed by atoms with Crippen LogP contribution in [0.1, 0.15) is 5.69 Å². The van der Waals surface area contributed by atoms with Crippen molar-refractivity contribution in [2.75, 3.05) is 0 Å². The summed E-state index contributed by atoms with van der Waals surface area (Å²) in [6, 6.07) is 2.17. The molecule has 6 heteroatoms. The van der Waals surface area contributed by atoms with Crippen molar-refractivity contribution >= 4 is 22.6 Å². The number of aromatic nitrogens is 4. The smallest absolute Gasteiger partial charge is 0.323 e. The first-order valence-electron chi connectivity index (χ1n) is 4.31. The van der Waals surface area contributed by atoms with E-state index in [1.54, 1.807) is 17.1 Å². The van der Waals surface area contributed by atoms with Gasteiger partial charge in [0.05, 0.1) is 5.69 Å². The molecule has 0 unspecified atom stereocenters. The van der Waals surface area contributed by atoms with Crippen molar-refractivity contribution in [2.45, 2.75) is 6.92 Å². The average molecular weight is 316 g/mol. The molecule has 0 fully saturated rings. The molecule has 0 saturated heterocycles. The Labute approximate surface area is 101 Å². The van der Waals surface area contributed by atoms with Crippen molar-refractivity contribution in [3.05, 3.63) is 27.7 Å². The van der Waals surface area contributed by atoms with Crippen LogP contribution in [0.3, 0.4) is 0 Å². The van der Waals surface area contributed by atoms with E-state index in [2.05, 4.69) is 37.7 Å². The molecule has 0 aliphatic heterocycles. The number of rotatable bonds is 2. The second-order valence-electron chi connectivity index (χ2n) is 3.03. The molecule has 0 atom stereocenters. The highest BCUT2D eigenvalue weighted by Crippen LogP contribution is 2.17. The van der Waals surface area contributed by atoms with Crippen LogP contribution in [0.15, 0.2) is 18.5 Å². The summed E-state index contributed by atoms with van der Waals surface area (Å²) < 4.78 is 8.08. The standard InChI is InChI=1S/C9H9IN4O/c1-6-3-8(14(2)13-6)15-9-11-4-7(10)5-12-9/h3-5H,1-2H3. The fourth-order valence-corrected chi connectivity index (χ4v) is 1.41. The van der Waals surface area contributed by atoms with Crippen LogP contribution in [-0.2, 0) is 7.05 Å². The van der Waals surface area contributed by atoms with E-state index in [4.69, 9.17) is 4.74 Å². The van der Waals surface area contributed by atoms with Gasteiger partial charge in [0.15, 0.2) is 0 Å². The molecule has 78 valence electrons. The fourth-order valence-electron chi connectivity index (χ4n) is 1.13. The summed E-state index contributed by atoms with van der Waals surface area (Å²) in [7, 11) is 1.81. The lowest BCUT2D eigenvalue weighted by Gasteiger charge is -2.02. The maximum Gasteiger partial charge on any atom is 0.323 e. The van der Waals surface area contributed by atoms with Gasteiger partial charge in [-0.2, -0.15) is 5.10 Å². The molecule has 0 aliphatic rings. The minimum atomic E-state index is 0.332. The van der Waals surface area contributed by atoms with E-state index < -0.39 is 0 Å². The van der Waals surface area contributed by atoms with E-state index in [1.165, 1.54) is 0 Å². The highest BCUT2D eigenvalue weighted by molar-refractivity contribution is 14.1. The summed E-state index contributed by atoms with van der Waals surface area (Å²) >= 11 is 2.14. The van der Waals surface area contributed by atoms with Crippen molar-refractivity contribution in [3.8, 4) is 11.9 Å². The van der Waals surface area contributed by atoms with Gasteiger partial charge >= 0.3 is 6.01 Å². The van der Waals surface area contributed by atoms with Crippen LogP contribution >= 0.6 is 22.6 Å². The van der Waals surface area contributed by atoms with Crippen LogP contribution in [0.2, 0.25) is 0 Å². The van der Waals surface area contributed by atoms with Crippen LogP contribution in [0.4, 0.5) is 0 Å². The lowest BCUT2D eigenvalue weighted by Crippen LogP contribution is -1.97. The third-order valence-electron chi connectivity index (χ3n) is 1.75. The summed E-state index contributed by atoms with van der Waals surface area (Å²) in [5, 5.41) is 4.16. The van der Waals surface area contributed by atoms with E-state index in [9.17, 15) is 0 Å². The van der Waals surface area contributed by atoms with Crippen LogP contribution < -0.4 is 4.74 Å². The Kier molecular flexibility index (Phi) is 2.85. The first-order chi connectivity index (χ1) is 7.15. The molecular weight excluding hydrogens is 307 g/mol. The predicted molar refractivity (Wildman–Crippen MR) is 62.8 cm³/mol. The molecule has 0 bridgehead atoms. The zero-order chi connectivity index (χ0) is 10.8. The van der Waals surface area contributed by atoms with Gasteiger partial charge in [0.1, 0.15) is 0 Å². The maximum atomic E-state index is 5.46. The van der Waals surface area contributed by atoms with Gasteiger partial charge in [0.2, 0.25) is 5.88 Å². The van der Waals surface area contributed by atoms with Crippen LogP contribution in [-0.4, -0.2) is 19.7 Å². The molecule has 0 aromatic carbocycles. The van der Waals surface area contributed by atoms with Gasteiger partial charge in [-0.15, -0.1) is 0 Å². The molecule has 5 nitrogen and oxygen atoms in total. The number of ether oxygens (including phenoxy) is 1. The fraction of sp³-hybridized carbons (Fsp3) is 0.222. The van der Waals surface area contributed by atoms with Gasteiger partial charge in [-0.05, 0) is 29.5 Å². The van der Waals surface area contributed by atoms with Crippen molar-refractivity contribution < 1.29 is 4.74 Å². The van der Waals surface area contributed by atoms with E-state index in [0.29, 0.717) is 11.9 Å². The van der Waals surface area contributed by atoms with E-state index in [1.807, 2.05) is 20.0 Å². The first-order valence-corrected chi connectivity index (χ1v) is 5.39. The van der Waals surface area contributed by atoms with E-state index >= 15 is 0 Å². The molecule has 2 aromatic rings. The number of aryl methyl sites for hydroxylation is 2. The molecule has 0 saturated carbocycles. The lowest BCUT2D eigenvalue weighted by atomic mass is 10.5. The highest BCUT2D eigenvalue weighted by Gasteiger charge is 2.05. The Morgan fingerprint density at radius 1 is 1.33 bits per heavy atom. The maximum absolute atomic E-state index is 5.46. The molecule has 15 heavy (non-hydrogen) atoms. The van der Waals surface area contributed by atoms with Crippen molar-refractivity contribution in [1.82, 2.24) is 19.7 Å². The van der Waals surface area contributed by atoms with E-state index in [-0.39, 0.29) is 0 Å². The first kappa shape index (κ1) is 10.3. The van der Waals surface area contributed by atoms with Gasteiger partial charge in [0, 0.05) is 29.1 Å². The summed E-state index contributed by atoms with van der Waals surface area (Å²) in [6.07, 6.45) is 3.40. The Balaban J connectivity index is 2.21. The third kappa shape index (κ3) is 2.44. The quantitative estimate of drug-likeness (QED) is 0.794. The molecule has 0 aliphatic carbocycles. The number of halogens is 1. The van der Waals surface area contributed by atoms with Crippen molar-refractivity contribution in [2.24, 2.45) is 7.05 Å². The Bertz CT molecular complexity index is 465. The molecule has 2 aromatic heterocycles. The number of nitrogens with zero attached hydrogens (tertiary/aromatic N) is 4. The molecule has 2 rings (SSSR count). The summed E-state index contributed by atoms with van der Waals surface area (Å²) in [5.74, 6) is 0.633. The van der Waals surface area contributed by atoms with E-state index in [0.717, 1.165) is 9.26 Å². The Hall–Kier alpha value is -1.18. The summed E-state index contributed by atoms with van der Waals surface area (Å²) in [6.45, 7) is 1.90. The van der Waals surface area contributed by atoms with Gasteiger partial charge in [-0.1, -0.05) is 0 Å². The lowest BCUT2D eigenvalue weighted by molar-refractivity contribution is 0.398.